The number of pyridine rings is 1. The zero-order valence-corrected chi connectivity index (χ0v) is 16.9. The summed E-state index contributed by atoms with van der Waals surface area (Å²) >= 11 is 0. The fraction of sp³-hybridized carbons (Fsp3) is 0.318. The summed E-state index contributed by atoms with van der Waals surface area (Å²) in [5.74, 6) is -0.0381. The Morgan fingerprint density at radius 3 is 2.88 bits per heavy atom. The second kappa shape index (κ2) is 7.94. The summed E-state index contributed by atoms with van der Waals surface area (Å²) in [7, 11) is 0. The molecule has 1 amide bonds. The third-order valence-electron chi connectivity index (χ3n) is 5.51. The fourth-order valence-corrected chi connectivity index (χ4v) is 4.00. The Morgan fingerprint density at radius 2 is 2.09 bits per heavy atom. The van der Waals surface area contributed by atoms with Crippen LogP contribution in [-0.4, -0.2) is 39.9 Å². The molecule has 4 heterocycles. The molecule has 0 radical (unpaired) electrons. The number of amides is 1. The number of fused-ring (bicyclic) bond motifs is 2. The van der Waals surface area contributed by atoms with Gasteiger partial charge in [-0.25, -0.2) is 0 Å². The number of aromatic nitrogens is 3. The quantitative estimate of drug-likeness (QED) is 0.671. The monoisotopic (exact) mass is 444 g/mol. The Hall–Kier alpha value is -3.40. The molecule has 0 aliphatic carbocycles. The first-order chi connectivity index (χ1) is 15.4. The van der Waals surface area contributed by atoms with Gasteiger partial charge in [-0.2, -0.15) is 18.3 Å². The lowest BCUT2D eigenvalue weighted by molar-refractivity contribution is -0.137. The highest BCUT2D eigenvalue weighted by atomic mass is 19.4. The Bertz CT molecular complexity index is 1160. The van der Waals surface area contributed by atoms with Crippen LogP contribution >= 0.6 is 0 Å². The van der Waals surface area contributed by atoms with E-state index in [0.29, 0.717) is 42.3 Å². The molecule has 2 aliphatic heterocycles. The molecule has 5 rings (SSSR count). The molecule has 0 spiro atoms. The number of nitrogens with zero attached hydrogens (tertiary/aromatic N) is 3. The molecule has 1 N–H and O–H groups in total. The first kappa shape index (κ1) is 20.5. The van der Waals surface area contributed by atoms with Crippen LogP contribution in [0.3, 0.4) is 0 Å². The van der Waals surface area contributed by atoms with E-state index < -0.39 is 23.7 Å². The van der Waals surface area contributed by atoms with Gasteiger partial charge in [-0.15, -0.1) is 0 Å². The standard InChI is InChI=1S/C22H19F3N4O3/c23-22(24,25)14-4-5-18-13(9-14)10-15(11-32-18)27-21(30)20-19(16-3-1-2-6-26-16)17-12-31-8-7-29(17)28-20/h1-6,9,15H,7-8,10-12H2,(H,27,30)/t15-/m1/s1. The summed E-state index contributed by atoms with van der Waals surface area (Å²) in [5, 5.41) is 7.34. The van der Waals surface area contributed by atoms with E-state index in [4.69, 9.17) is 9.47 Å². The van der Waals surface area contributed by atoms with Crippen LogP contribution in [-0.2, 0) is 30.5 Å². The number of nitrogens with one attached hydrogen (secondary N) is 1. The molecule has 2 aromatic heterocycles. The molecule has 0 saturated carbocycles. The highest BCUT2D eigenvalue weighted by Crippen LogP contribution is 2.34. The van der Waals surface area contributed by atoms with Crippen molar-refractivity contribution in [1.29, 1.82) is 0 Å². The number of carbonyl (C=O) groups is 1. The van der Waals surface area contributed by atoms with Gasteiger partial charge in [0.05, 0.1) is 48.3 Å². The predicted octanol–water partition coefficient (Wildman–Crippen LogP) is 3.23. The third-order valence-corrected chi connectivity index (χ3v) is 5.51. The first-order valence-electron chi connectivity index (χ1n) is 10.1. The maximum absolute atomic E-state index is 13.2. The molecule has 32 heavy (non-hydrogen) atoms. The van der Waals surface area contributed by atoms with Crippen molar-refractivity contribution in [3.63, 3.8) is 0 Å². The molecule has 7 nitrogen and oxygen atoms in total. The Balaban J connectivity index is 1.41. The summed E-state index contributed by atoms with van der Waals surface area (Å²) in [5.41, 5.74) is 1.83. The number of rotatable bonds is 3. The molecule has 0 fully saturated rings. The van der Waals surface area contributed by atoms with Crippen molar-refractivity contribution in [3.05, 3.63) is 65.1 Å². The van der Waals surface area contributed by atoms with Crippen LogP contribution in [0.1, 0.15) is 27.3 Å². The van der Waals surface area contributed by atoms with Gasteiger partial charge < -0.3 is 14.8 Å². The van der Waals surface area contributed by atoms with Gasteiger partial charge in [-0.1, -0.05) is 6.07 Å². The van der Waals surface area contributed by atoms with Crippen molar-refractivity contribution in [2.75, 3.05) is 13.2 Å². The first-order valence-corrected chi connectivity index (χ1v) is 10.1. The van der Waals surface area contributed by atoms with Crippen molar-refractivity contribution < 1.29 is 27.4 Å². The van der Waals surface area contributed by atoms with Crippen molar-refractivity contribution in [3.8, 4) is 17.0 Å². The average molecular weight is 444 g/mol. The number of halogens is 3. The van der Waals surface area contributed by atoms with E-state index in [-0.39, 0.29) is 18.7 Å². The lowest BCUT2D eigenvalue weighted by atomic mass is 9.99. The third kappa shape index (κ3) is 3.81. The summed E-state index contributed by atoms with van der Waals surface area (Å²) in [6.07, 6.45) is -2.59. The minimum absolute atomic E-state index is 0.152. The van der Waals surface area contributed by atoms with Gasteiger partial charge in [0.1, 0.15) is 12.4 Å². The summed E-state index contributed by atoms with van der Waals surface area (Å²) in [6.45, 7) is 1.47. The van der Waals surface area contributed by atoms with Crippen molar-refractivity contribution >= 4 is 5.91 Å². The smallest absolute Gasteiger partial charge is 0.416 e. The topological polar surface area (TPSA) is 78.3 Å². The van der Waals surface area contributed by atoms with E-state index in [2.05, 4.69) is 15.4 Å². The molecule has 166 valence electrons. The van der Waals surface area contributed by atoms with Crippen molar-refractivity contribution in [2.45, 2.75) is 31.8 Å². The number of benzene rings is 1. The fourth-order valence-electron chi connectivity index (χ4n) is 4.00. The van der Waals surface area contributed by atoms with Gasteiger partial charge in [-0.05, 0) is 42.3 Å². The van der Waals surface area contributed by atoms with Gasteiger partial charge in [0.25, 0.3) is 5.91 Å². The Morgan fingerprint density at radius 1 is 1.22 bits per heavy atom. The van der Waals surface area contributed by atoms with Gasteiger partial charge in [0.2, 0.25) is 0 Å². The van der Waals surface area contributed by atoms with E-state index in [9.17, 15) is 18.0 Å². The summed E-state index contributed by atoms with van der Waals surface area (Å²) in [6, 6.07) is 8.28. The molecule has 3 aromatic rings. The number of ether oxygens (including phenoxy) is 2. The largest absolute Gasteiger partial charge is 0.491 e. The van der Waals surface area contributed by atoms with Crippen LogP contribution in [0.5, 0.6) is 5.75 Å². The van der Waals surface area contributed by atoms with Crippen LogP contribution in [0.4, 0.5) is 13.2 Å². The highest BCUT2D eigenvalue weighted by molar-refractivity contribution is 5.99. The minimum Gasteiger partial charge on any atom is -0.491 e. The van der Waals surface area contributed by atoms with Gasteiger partial charge in [0, 0.05) is 6.20 Å². The average Bonchev–Trinajstić information content (AvgIpc) is 3.18. The van der Waals surface area contributed by atoms with Gasteiger partial charge >= 0.3 is 6.18 Å². The molecule has 10 heteroatoms. The highest BCUT2D eigenvalue weighted by Gasteiger charge is 2.33. The SMILES string of the molecule is O=C(N[C@H]1COc2ccc(C(F)(F)F)cc2C1)c1nn2c(c1-c1ccccn1)COCC2. The molecule has 1 atom stereocenters. The van der Waals surface area contributed by atoms with Crippen molar-refractivity contribution in [2.24, 2.45) is 0 Å². The Kier molecular flexibility index (Phi) is 5.09. The number of hydrogen-bond donors (Lipinski definition) is 1. The summed E-state index contributed by atoms with van der Waals surface area (Å²) < 4.78 is 52.1. The van der Waals surface area contributed by atoms with Crippen LogP contribution in [0.25, 0.3) is 11.3 Å². The molecule has 0 bridgehead atoms. The minimum atomic E-state index is -4.44. The zero-order chi connectivity index (χ0) is 22.3. The molecule has 0 unspecified atom stereocenters. The molecular weight excluding hydrogens is 425 g/mol. The molecule has 2 aliphatic rings. The van der Waals surface area contributed by atoms with E-state index in [1.165, 1.54) is 6.07 Å². The lowest BCUT2D eigenvalue weighted by Crippen LogP contribution is -2.43. The van der Waals surface area contributed by atoms with E-state index >= 15 is 0 Å². The maximum atomic E-state index is 13.2. The van der Waals surface area contributed by atoms with Crippen molar-refractivity contribution in [1.82, 2.24) is 20.1 Å². The molecule has 1 aromatic carbocycles. The van der Waals surface area contributed by atoms with Crippen LogP contribution in [0.15, 0.2) is 42.6 Å². The van der Waals surface area contributed by atoms with E-state index in [1.807, 2.05) is 6.07 Å². The lowest BCUT2D eigenvalue weighted by Gasteiger charge is -2.26. The van der Waals surface area contributed by atoms with E-state index in [0.717, 1.165) is 17.8 Å². The number of alkyl halides is 3. The molecule has 0 saturated heterocycles. The normalized spacial score (nSPS) is 17.8. The van der Waals surface area contributed by atoms with Crippen LogP contribution in [0.2, 0.25) is 0 Å². The Labute approximate surface area is 181 Å². The predicted molar refractivity (Wildman–Crippen MR) is 107 cm³/mol. The van der Waals surface area contributed by atoms with E-state index in [1.54, 1.807) is 23.0 Å². The number of carbonyl (C=O) groups excluding carboxylic acids is 1. The van der Waals surface area contributed by atoms with Gasteiger partial charge in [0.15, 0.2) is 5.69 Å². The maximum Gasteiger partial charge on any atom is 0.416 e. The second-order valence-electron chi connectivity index (χ2n) is 7.67. The van der Waals surface area contributed by atoms with Gasteiger partial charge in [-0.3, -0.25) is 14.5 Å². The zero-order valence-electron chi connectivity index (χ0n) is 16.9. The van der Waals surface area contributed by atoms with Crippen LogP contribution in [0, 0.1) is 0 Å². The molecular formula is C22H19F3N4O3. The number of hydrogen-bond acceptors (Lipinski definition) is 5. The van der Waals surface area contributed by atoms with Crippen LogP contribution < -0.4 is 10.1 Å². The second-order valence-corrected chi connectivity index (χ2v) is 7.67. The summed E-state index contributed by atoms with van der Waals surface area (Å²) in [4.78, 5) is 17.5.